The van der Waals surface area contributed by atoms with Crippen LogP contribution in [0.15, 0.2) is 42.0 Å². The van der Waals surface area contributed by atoms with E-state index in [2.05, 4.69) is 56.3 Å². The monoisotopic (exact) mass is 212 g/mol. The van der Waals surface area contributed by atoms with Crippen LogP contribution in [0.2, 0.25) is 0 Å². The van der Waals surface area contributed by atoms with Crippen LogP contribution in [0.25, 0.3) is 6.08 Å². The van der Waals surface area contributed by atoms with Crippen LogP contribution in [0.1, 0.15) is 37.8 Å². The molecule has 1 aromatic carbocycles. The van der Waals surface area contributed by atoms with Crippen molar-refractivity contribution in [3.63, 3.8) is 0 Å². The lowest BCUT2D eigenvalue weighted by Crippen LogP contribution is -2.10. The molecule has 0 fully saturated rings. The van der Waals surface area contributed by atoms with Crippen molar-refractivity contribution >= 4 is 6.08 Å². The van der Waals surface area contributed by atoms with Gasteiger partial charge in [-0.3, -0.25) is 0 Å². The fourth-order valence-electron chi connectivity index (χ4n) is 2.35. The number of allylic oxidation sites excluding steroid dienone is 3. The van der Waals surface area contributed by atoms with Crippen molar-refractivity contribution in [2.45, 2.75) is 33.1 Å². The van der Waals surface area contributed by atoms with E-state index in [1.54, 1.807) is 0 Å². The summed E-state index contributed by atoms with van der Waals surface area (Å²) < 4.78 is 0. The van der Waals surface area contributed by atoms with Gasteiger partial charge in [-0.15, -0.1) is 0 Å². The predicted molar refractivity (Wildman–Crippen MR) is 71.3 cm³/mol. The van der Waals surface area contributed by atoms with Gasteiger partial charge in [0.05, 0.1) is 0 Å². The fraction of sp³-hybridized carbons (Fsp3) is 0.375. The summed E-state index contributed by atoms with van der Waals surface area (Å²) in [4.78, 5) is 0. The zero-order chi connectivity index (χ0) is 11.4. The molecule has 0 bridgehead atoms. The fourth-order valence-corrected chi connectivity index (χ4v) is 2.35. The molecule has 0 heteroatoms. The summed E-state index contributed by atoms with van der Waals surface area (Å²) in [5.41, 5.74) is 4.44. The van der Waals surface area contributed by atoms with Crippen LogP contribution in [0.3, 0.4) is 0 Å². The van der Waals surface area contributed by atoms with E-state index in [0.717, 1.165) is 6.42 Å². The minimum Gasteiger partial charge on any atom is -0.0888 e. The molecule has 0 heterocycles. The first-order chi connectivity index (χ1) is 7.81. The lowest BCUT2D eigenvalue weighted by molar-refractivity contribution is 0.614. The van der Waals surface area contributed by atoms with Crippen molar-refractivity contribution < 1.29 is 0 Å². The quantitative estimate of drug-likeness (QED) is 0.641. The van der Waals surface area contributed by atoms with Crippen LogP contribution in [-0.2, 0) is 6.42 Å². The highest BCUT2D eigenvalue weighted by molar-refractivity contribution is 5.59. The van der Waals surface area contributed by atoms with Crippen LogP contribution in [0, 0.1) is 5.92 Å². The highest BCUT2D eigenvalue weighted by Crippen LogP contribution is 2.30. The Morgan fingerprint density at radius 1 is 1.25 bits per heavy atom. The van der Waals surface area contributed by atoms with Crippen LogP contribution in [0.4, 0.5) is 0 Å². The summed E-state index contributed by atoms with van der Waals surface area (Å²) in [6, 6.07) is 8.75. The van der Waals surface area contributed by atoms with Crippen molar-refractivity contribution in [3.05, 3.63) is 53.1 Å². The van der Waals surface area contributed by atoms with Gasteiger partial charge in [0.25, 0.3) is 0 Å². The van der Waals surface area contributed by atoms with Crippen molar-refractivity contribution in [2.24, 2.45) is 5.92 Å². The minimum atomic E-state index is 0.706. The van der Waals surface area contributed by atoms with Crippen molar-refractivity contribution in [3.8, 4) is 0 Å². The Bertz CT molecular complexity index is 410. The Balaban J connectivity index is 2.14. The van der Waals surface area contributed by atoms with E-state index in [0.29, 0.717) is 5.92 Å². The summed E-state index contributed by atoms with van der Waals surface area (Å²) in [5, 5.41) is 0. The summed E-state index contributed by atoms with van der Waals surface area (Å²) in [7, 11) is 0. The van der Waals surface area contributed by atoms with Crippen molar-refractivity contribution in [1.82, 2.24) is 0 Å². The maximum atomic E-state index is 2.35. The van der Waals surface area contributed by atoms with Gasteiger partial charge in [-0.1, -0.05) is 55.0 Å². The Labute approximate surface area is 98.7 Å². The third-order valence-corrected chi connectivity index (χ3v) is 3.37. The van der Waals surface area contributed by atoms with E-state index >= 15 is 0 Å². The first kappa shape index (κ1) is 11.2. The van der Waals surface area contributed by atoms with Gasteiger partial charge in [0.1, 0.15) is 0 Å². The minimum absolute atomic E-state index is 0.706. The summed E-state index contributed by atoms with van der Waals surface area (Å²) in [6.07, 6.45) is 10.5. The van der Waals surface area contributed by atoms with Crippen LogP contribution in [-0.4, -0.2) is 0 Å². The largest absolute Gasteiger partial charge is 0.0888 e. The second-order valence-corrected chi connectivity index (χ2v) is 4.60. The molecule has 1 unspecified atom stereocenters. The van der Waals surface area contributed by atoms with E-state index < -0.39 is 0 Å². The smallest absolute Gasteiger partial charge is 0.0127 e. The molecule has 0 saturated heterocycles. The first-order valence-corrected chi connectivity index (χ1v) is 6.22. The average Bonchev–Trinajstić information content (AvgIpc) is 2.30. The molecule has 0 spiro atoms. The van der Waals surface area contributed by atoms with E-state index in [1.807, 2.05) is 0 Å². The molecule has 16 heavy (non-hydrogen) atoms. The summed E-state index contributed by atoms with van der Waals surface area (Å²) in [5.74, 6) is 0.706. The predicted octanol–water partition coefficient (Wildman–Crippen LogP) is 4.62. The second kappa shape index (κ2) is 5.16. The lowest BCUT2D eigenvalue weighted by atomic mass is 9.82. The molecule has 1 aliphatic carbocycles. The van der Waals surface area contributed by atoms with Gasteiger partial charge in [-0.05, 0) is 43.2 Å². The third-order valence-electron chi connectivity index (χ3n) is 3.37. The Hall–Kier alpha value is -1.30. The van der Waals surface area contributed by atoms with E-state index in [9.17, 15) is 0 Å². The number of hydrogen-bond donors (Lipinski definition) is 0. The molecule has 0 aromatic heterocycles. The normalized spacial score (nSPS) is 19.6. The molecular weight excluding hydrogens is 192 g/mol. The third kappa shape index (κ3) is 2.44. The molecule has 0 aliphatic heterocycles. The maximum Gasteiger partial charge on any atom is -0.0127 e. The molecule has 0 nitrogen and oxygen atoms in total. The Kier molecular flexibility index (Phi) is 3.61. The molecule has 0 radical (unpaired) electrons. The Morgan fingerprint density at radius 3 is 2.88 bits per heavy atom. The van der Waals surface area contributed by atoms with Crippen LogP contribution in [0.5, 0.6) is 0 Å². The molecular formula is C16H20. The average molecular weight is 212 g/mol. The van der Waals surface area contributed by atoms with Gasteiger partial charge in [0.15, 0.2) is 0 Å². The second-order valence-electron chi connectivity index (χ2n) is 4.60. The van der Waals surface area contributed by atoms with Crippen LogP contribution < -0.4 is 0 Å². The van der Waals surface area contributed by atoms with Gasteiger partial charge in [0, 0.05) is 0 Å². The van der Waals surface area contributed by atoms with Gasteiger partial charge < -0.3 is 0 Å². The van der Waals surface area contributed by atoms with E-state index in [1.165, 1.54) is 29.5 Å². The number of fused-ring (bicyclic) bond motifs is 1. The molecule has 0 saturated carbocycles. The van der Waals surface area contributed by atoms with Crippen molar-refractivity contribution in [1.29, 1.82) is 0 Å². The zero-order valence-corrected chi connectivity index (χ0v) is 10.2. The highest BCUT2D eigenvalue weighted by atomic mass is 14.2. The summed E-state index contributed by atoms with van der Waals surface area (Å²) in [6.45, 7) is 4.45. The molecule has 1 aromatic rings. The molecule has 0 amide bonds. The molecule has 1 atom stereocenters. The first-order valence-electron chi connectivity index (χ1n) is 6.22. The highest BCUT2D eigenvalue weighted by Gasteiger charge is 2.16. The lowest BCUT2D eigenvalue weighted by Gasteiger charge is -2.23. The number of rotatable bonds is 3. The van der Waals surface area contributed by atoms with Gasteiger partial charge in [-0.25, -0.2) is 0 Å². The number of hydrogen-bond acceptors (Lipinski definition) is 0. The van der Waals surface area contributed by atoms with Gasteiger partial charge in [0.2, 0.25) is 0 Å². The van der Waals surface area contributed by atoms with Crippen LogP contribution >= 0.6 is 0 Å². The standard InChI is InChI=1S/C16H20/c1-3-4-5-8-14-12-16-10-7-6-9-15(16)11-13(14)2/h4-7,9-11,14H,3,8,12H2,1-2H3. The van der Waals surface area contributed by atoms with E-state index in [-0.39, 0.29) is 0 Å². The van der Waals surface area contributed by atoms with E-state index in [4.69, 9.17) is 0 Å². The van der Waals surface area contributed by atoms with Gasteiger partial charge in [-0.2, -0.15) is 0 Å². The maximum absolute atomic E-state index is 2.35. The molecule has 84 valence electrons. The van der Waals surface area contributed by atoms with Gasteiger partial charge >= 0.3 is 0 Å². The molecule has 0 N–H and O–H groups in total. The number of benzene rings is 1. The molecule has 1 aliphatic rings. The van der Waals surface area contributed by atoms with Crippen molar-refractivity contribution in [2.75, 3.05) is 0 Å². The molecule has 2 rings (SSSR count). The SMILES string of the molecule is CCC=CCC1Cc2ccccc2C=C1C. The zero-order valence-electron chi connectivity index (χ0n) is 10.2. The Morgan fingerprint density at radius 2 is 2.06 bits per heavy atom. The summed E-state index contributed by atoms with van der Waals surface area (Å²) >= 11 is 0. The topological polar surface area (TPSA) is 0 Å².